The van der Waals surface area contributed by atoms with Crippen molar-refractivity contribution in [1.29, 1.82) is 0 Å². The van der Waals surface area contributed by atoms with Crippen LogP contribution in [0.25, 0.3) is 0 Å². The number of rotatable bonds is 5. The highest BCUT2D eigenvalue weighted by molar-refractivity contribution is 7.98. The van der Waals surface area contributed by atoms with Gasteiger partial charge in [0.15, 0.2) is 6.04 Å². The van der Waals surface area contributed by atoms with Gasteiger partial charge in [0.1, 0.15) is 0 Å². The molecule has 0 unspecified atom stereocenters. The number of esters is 1. The van der Waals surface area contributed by atoms with E-state index in [0.29, 0.717) is 6.42 Å². The fourth-order valence-electron chi connectivity index (χ4n) is 0.664. The van der Waals surface area contributed by atoms with Gasteiger partial charge in [0.2, 0.25) is 0 Å². The molecule has 1 atom stereocenters. The summed E-state index contributed by atoms with van der Waals surface area (Å²) in [7, 11) is 1.34. The highest BCUT2D eigenvalue weighted by Gasteiger charge is 2.16. The Morgan fingerprint density at radius 3 is 2.92 bits per heavy atom. The lowest BCUT2D eigenvalue weighted by atomic mass is 10.2. The van der Waals surface area contributed by atoms with Crippen molar-refractivity contribution in [2.75, 3.05) is 19.1 Å². The van der Waals surface area contributed by atoms with Crippen LogP contribution < -0.4 is 0 Å². The van der Waals surface area contributed by atoms with Gasteiger partial charge in [0.25, 0.3) is 0 Å². The minimum atomic E-state index is -0.472. The van der Waals surface area contributed by atoms with Gasteiger partial charge in [-0.3, -0.25) is 0 Å². The van der Waals surface area contributed by atoms with Crippen LogP contribution in [-0.4, -0.2) is 36.3 Å². The van der Waals surface area contributed by atoms with Gasteiger partial charge >= 0.3 is 5.97 Å². The van der Waals surface area contributed by atoms with Gasteiger partial charge in [-0.25, -0.2) is 9.79 Å². The number of nitrogens with zero attached hydrogens (tertiary/aromatic N) is 1. The lowest BCUT2D eigenvalue weighted by Crippen LogP contribution is -2.20. The van der Waals surface area contributed by atoms with Crippen LogP contribution in [0, 0.1) is 0 Å². The topological polar surface area (TPSA) is 38.7 Å². The van der Waals surface area contributed by atoms with Crippen LogP contribution in [0.2, 0.25) is 0 Å². The van der Waals surface area contributed by atoms with Gasteiger partial charge in [0.05, 0.1) is 12.3 Å². The van der Waals surface area contributed by atoms with Crippen molar-refractivity contribution in [1.82, 2.24) is 0 Å². The zero-order chi connectivity index (χ0) is 9.40. The Morgan fingerprint density at radius 2 is 2.50 bits per heavy atom. The van der Waals surface area contributed by atoms with Crippen molar-refractivity contribution >= 4 is 35.1 Å². The molecule has 0 aliphatic rings. The van der Waals surface area contributed by atoms with Crippen molar-refractivity contribution in [3.05, 3.63) is 0 Å². The molecule has 5 heteroatoms. The van der Waals surface area contributed by atoms with E-state index in [1.54, 1.807) is 11.8 Å². The summed E-state index contributed by atoms with van der Waals surface area (Å²) in [6.45, 7) is 0. The van der Waals surface area contributed by atoms with Crippen LogP contribution in [-0.2, 0) is 9.53 Å². The summed E-state index contributed by atoms with van der Waals surface area (Å²) in [4.78, 5) is 14.7. The van der Waals surface area contributed by atoms with Crippen molar-refractivity contribution in [3.63, 3.8) is 0 Å². The quantitative estimate of drug-likeness (QED) is 0.386. The Labute approximate surface area is 81.6 Å². The Kier molecular flexibility index (Phi) is 7.05. The van der Waals surface area contributed by atoms with E-state index in [-0.39, 0.29) is 5.97 Å². The molecule has 0 rings (SSSR count). The van der Waals surface area contributed by atoms with Crippen molar-refractivity contribution in [2.45, 2.75) is 12.5 Å². The molecule has 3 nitrogen and oxygen atoms in total. The standard InChI is InChI=1S/C7H11NO2S2/c1-10-7(9)6(8-5-11)3-4-12-2/h6H,3-4H2,1-2H3/t6-/m1/s1. The maximum Gasteiger partial charge on any atom is 0.331 e. The molecule has 0 fully saturated rings. The average molecular weight is 205 g/mol. The molecule has 0 saturated carbocycles. The van der Waals surface area contributed by atoms with E-state index in [1.807, 2.05) is 6.26 Å². The van der Waals surface area contributed by atoms with Crippen LogP contribution in [0.5, 0.6) is 0 Å². The molecule has 68 valence electrons. The van der Waals surface area contributed by atoms with E-state index in [0.717, 1.165) is 5.75 Å². The van der Waals surface area contributed by atoms with Gasteiger partial charge in [-0.15, -0.1) is 0 Å². The zero-order valence-electron chi connectivity index (χ0n) is 7.07. The number of hydrogen-bond donors (Lipinski definition) is 0. The average Bonchev–Trinajstić information content (AvgIpc) is 2.11. The van der Waals surface area contributed by atoms with Crippen molar-refractivity contribution < 1.29 is 9.53 Å². The molecule has 0 spiro atoms. The second-order valence-corrected chi connectivity index (χ2v) is 3.21. The maximum atomic E-state index is 11.0. The van der Waals surface area contributed by atoms with E-state index >= 15 is 0 Å². The maximum absolute atomic E-state index is 11.0. The number of hydrogen-bond acceptors (Lipinski definition) is 5. The first-order valence-corrected chi connectivity index (χ1v) is 5.20. The van der Waals surface area contributed by atoms with Gasteiger partial charge in [-0.1, -0.05) is 0 Å². The molecule has 12 heavy (non-hydrogen) atoms. The van der Waals surface area contributed by atoms with Crippen molar-refractivity contribution in [2.24, 2.45) is 4.99 Å². The lowest BCUT2D eigenvalue weighted by molar-refractivity contribution is -0.142. The first kappa shape index (κ1) is 11.6. The number of carbonyl (C=O) groups excluding carboxylic acids is 1. The number of thiocarbonyl (C=S) groups is 1. The first-order valence-electron chi connectivity index (χ1n) is 3.40. The summed E-state index contributed by atoms with van der Waals surface area (Å²) < 4.78 is 4.53. The Morgan fingerprint density at radius 1 is 1.83 bits per heavy atom. The van der Waals surface area contributed by atoms with Crippen LogP contribution in [0.3, 0.4) is 0 Å². The Balaban J connectivity index is 4.03. The third kappa shape index (κ3) is 4.49. The molecule has 0 amide bonds. The predicted octanol–water partition coefficient (Wildman–Crippen LogP) is 1.38. The highest BCUT2D eigenvalue weighted by Crippen LogP contribution is 2.05. The number of ether oxygens (including phenoxy) is 1. The molecule has 0 aromatic carbocycles. The molecule has 0 aliphatic heterocycles. The van der Waals surface area contributed by atoms with Gasteiger partial charge in [-0.2, -0.15) is 11.8 Å². The summed E-state index contributed by atoms with van der Waals surface area (Å²) in [5, 5.41) is 2.19. The fraction of sp³-hybridized carbons (Fsp3) is 0.714. The van der Waals surface area contributed by atoms with E-state index in [9.17, 15) is 4.79 Å². The smallest absolute Gasteiger partial charge is 0.331 e. The third-order valence-corrected chi connectivity index (χ3v) is 2.03. The molecule has 0 heterocycles. The molecule has 0 aromatic rings. The van der Waals surface area contributed by atoms with E-state index in [1.165, 1.54) is 7.11 Å². The minimum Gasteiger partial charge on any atom is -0.467 e. The van der Waals surface area contributed by atoms with Crippen LogP contribution >= 0.6 is 24.0 Å². The largest absolute Gasteiger partial charge is 0.467 e. The Hall–Kier alpha value is -0.380. The minimum absolute atomic E-state index is 0.346. The molecular weight excluding hydrogens is 194 g/mol. The summed E-state index contributed by atoms with van der Waals surface area (Å²) in [6.07, 6.45) is 2.62. The highest BCUT2D eigenvalue weighted by atomic mass is 32.2. The van der Waals surface area contributed by atoms with Gasteiger partial charge in [0, 0.05) is 0 Å². The third-order valence-electron chi connectivity index (χ3n) is 1.28. The van der Waals surface area contributed by atoms with Gasteiger partial charge < -0.3 is 4.74 Å². The van der Waals surface area contributed by atoms with Crippen molar-refractivity contribution in [3.8, 4) is 0 Å². The number of thioether (sulfide) groups is 1. The SMILES string of the molecule is COC(=O)[C@@H](CCSC)N=C=S. The molecule has 0 saturated heterocycles. The summed E-state index contributed by atoms with van der Waals surface area (Å²) >= 11 is 6.07. The van der Waals surface area contributed by atoms with E-state index in [2.05, 4.69) is 27.1 Å². The molecule has 0 aromatic heterocycles. The zero-order valence-corrected chi connectivity index (χ0v) is 8.70. The first-order chi connectivity index (χ1) is 5.76. The number of aliphatic imine (C=N–C) groups is 1. The van der Waals surface area contributed by atoms with E-state index < -0.39 is 6.04 Å². The predicted molar refractivity (Wildman–Crippen MR) is 53.8 cm³/mol. The molecular formula is C7H11NO2S2. The number of carbonyl (C=O) groups is 1. The monoisotopic (exact) mass is 205 g/mol. The van der Waals surface area contributed by atoms with Gasteiger partial charge in [-0.05, 0) is 30.6 Å². The summed E-state index contributed by atoms with van der Waals surface area (Å²) in [5.41, 5.74) is 0. The molecule has 0 aliphatic carbocycles. The summed E-state index contributed by atoms with van der Waals surface area (Å²) in [6, 6.07) is -0.472. The molecule has 0 bridgehead atoms. The second kappa shape index (κ2) is 7.28. The number of isothiocyanates is 1. The molecule has 0 radical (unpaired) electrons. The van der Waals surface area contributed by atoms with Crippen LogP contribution in [0.4, 0.5) is 0 Å². The Bertz CT molecular complexity index is 190. The van der Waals surface area contributed by atoms with Crippen LogP contribution in [0.1, 0.15) is 6.42 Å². The van der Waals surface area contributed by atoms with E-state index in [4.69, 9.17) is 0 Å². The normalized spacial score (nSPS) is 11.5. The summed E-state index contributed by atoms with van der Waals surface area (Å²) in [5.74, 6) is 0.515. The fourth-order valence-corrected chi connectivity index (χ4v) is 1.25. The number of methoxy groups -OCH3 is 1. The molecule has 0 N–H and O–H groups in total. The lowest BCUT2D eigenvalue weighted by Gasteiger charge is -2.06. The second-order valence-electron chi connectivity index (χ2n) is 2.04. The van der Waals surface area contributed by atoms with Crippen LogP contribution in [0.15, 0.2) is 4.99 Å².